The Kier molecular flexibility index (Phi) is 5.60. The van der Waals surface area contributed by atoms with Gasteiger partial charge >= 0.3 is 0 Å². The monoisotopic (exact) mass is 423 g/mol. The summed E-state index contributed by atoms with van der Waals surface area (Å²) in [5, 5.41) is 2.29. The van der Waals surface area contributed by atoms with Gasteiger partial charge in [-0.1, -0.05) is 54.1 Å². The van der Waals surface area contributed by atoms with Gasteiger partial charge in [0.2, 0.25) is 0 Å². The number of fused-ring (bicyclic) bond motifs is 1. The Morgan fingerprint density at radius 3 is 2.45 bits per heavy atom. The van der Waals surface area contributed by atoms with Gasteiger partial charge in [-0.25, -0.2) is 0 Å². The molecule has 1 aliphatic heterocycles. The number of imide groups is 1. The average Bonchev–Trinajstić information content (AvgIpc) is 2.99. The smallest absolute Gasteiger partial charge is 0.293 e. The van der Waals surface area contributed by atoms with Gasteiger partial charge in [0, 0.05) is 10.4 Å². The maximum atomic E-state index is 12.9. The first-order valence-electron chi connectivity index (χ1n) is 9.21. The number of benzene rings is 3. The number of amides is 2. The van der Waals surface area contributed by atoms with Gasteiger partial charge in [-0.05, 0) is 59.5 Å². The summed E-state index contributed by atoms with van der Waals surface area (Å²) < 4.78 is 5.71. The van der Waals surface area contributed by atoms with Crippen LogP contribution in [0.3, 0.4) is 0 Å². The Morgan fingerprint density at radius 1 is 1.00 bits per heavy atom. The van der Waals surface area contributed by atoms with Crippen LogP contribution in [-0.4, -0.2) is 22.7 Å². The van der Waals surface area contributed by atoms with E-state index in [-0.39, 0.29) is 17.7 Å². The largest absolute Gasteiger partial charge is 0.493 e. The minimum Gasteiger partial charge on any atom is -0.493 e. The molecule has 0 atom stereocenters. The van der Waals surface area contributed by atoms with Crippen LogP contribution in [0.5, 0.6) is 5.75 Å². The van der Waals surface area contributed by atoms with E-state index < -0.39 is 0 Å². The number of thioether (sulfide) groups is 1. The van der Waals surface area contributed by atoms with Gasteiger partial charge in [0.15, 0.2) is 0 Å². The van der Waals surface area contributed by atoms with E-state index in [1.54, 1.807) is 18.2 Å². The van der Waals surface area contributed by atoms with Gasteiger partial charge in [0.25, 0.3) is 11.1 Å². The van der Waals surface area contributed by atoms with Crippen molar-refractivity contribution < 1.29 is 14.3 Å². The zero-order valence-corrected chi connectivity index (χ0v) is 17.3. The van der Waals surface area contributed by atoms with Crippen molar-refractivity contribution in [2.75, 3.05) is 6.61 Å². The molecule has 0 N–H and O–H groups in total. The van der Waals surface area contributed by atoms with E-state index in [2.05, 4.69) is 0 Å². The molecule has 6 heteroatoms. The third-order valence-electron chi connectivity index (χ3n) is 4.63. The molecule has 3 aromatic rings. The number of ether oxygens (including phenoxy) is 1. The number of hydrogen-bond donors (Lipinski definition) is 0. The van der Waals surface area contributed by atoms with E-state index in [4.69, 9.17) is 16.3 Å². The van der Waals surface area contributed by atoms with Crippen molar-refractivity contribution in [1.29, 1.82) is 0 Å². The summed E-state index contributed by atoms with van der Waals surface area (Å²) in [5.41, 5.74) is 1.73. The Labute approximate surface area is 178 Å². The highest BCUT2D eigenvalue weighted by atomic mass is 35.5. The topological polar surface area (TPSA) is 46.6 Å². The van der Waals surface area contributed by atoms with Gasteiger partial charge in [0.05, 0.1) is 18.1 Å². The summed E-state index contributed by atoms with van der Waals surface area (Å²) in [6, 6.07) is 18.8. The summed E-state index contributed by atoms with van der Waals surface area (Å²) in [4.78, 5) is 27.0. The first kappa shape index (κ1) is 19.6. The second kappa shape index (κ2) is 8.31. The van der Waals surface area contributed by atoms with Crippen LogP contribution in [0, 0.1) is 0 Å². The average molecular weight is 424 g/mol. The fourth-order valence-electron chi connectivity index (χ4n) is 3.25. The molecule has 0 radical (unpaired) electrons. The Balaban J connectivity index is 1.65. The molecule has 4 nitrogen and oxygen atoms in total. The van der Waals surface area contributed by atoms with Crippen molar-refractivity contribution in [2.45, 2.75) is 13.5 Å². The summed E-state index contributed by atoms with van der Waals surface area (Å²) in [6.45, 7) is 2.75. The van der Waals surface area contributed by atoms with E-state index in [1.165, 1.54) is 4.90 Å². The molecule has 0 spiro atoms. The van der Waals surface area contributed by atoms with Gasteiger partial charge in [-0.2, -0.15) is 0 Å². The quantitative estimate of drug-likeness (QED) is 0.463. The van der Waals surface area contributed by atoms with Crippen LogP contribution in [0.4, 0.5) is 4.79 Å². The lowest BCUT2D eigenvalue weighted by Crippen LogP contribution is -2.27. The summed E-state index contributed by atoms with van der Waals surface area (Å²) in [7, 11) is 0. The van der Waals surface area contributed by atoms with Crippen molar-refractivity contribution >= 4 is 51.4 Å². The molecule has 29 heavy (non-hydrogen) atoms. The summed E-state index contributed by atoms with van der Waals surface area (Å²) in [6.07, 6.45) is 1.78. The first-order valence-corrected chi connectivity index (χ1v) is 10.4. The molecule has 0 bridgehead atoms. The number of carbonyl (C=O) groups excluding carboxylic acids is 2. The molecule has 0 saturated carbocycles. The molecule has 2 amide bonds. The van der Waals surface area contributed by atoms with Crippen molar-refractivity contribution in [3.63, 3.8) is 0 Å². The third-order valence-corrected chi connectivity index (χ3v) is 5.79. The molecule has 4 rings (SSSR count). The van der Waals surface area contributed by atoms with E-state index in [0.29, 0.717) is 16.5 Å². The number of nitrogens with zero attached hydrogens (tertiary/aromatic N) is 1. The van der Waals surface area contributed by atoms with Crippen molar-refractivity contribution in [1.82, 2.24) is 4.90 Å². The van der Waals surface area contributed by atoms with Crippen molar-refractivity contribution in [3.05, 3.63) is 81.7 Å². The minimum atomic E-state index is -0.284. The molecule has 1 heterocycles. The van der Waals surface area contributed by atoms with Crippen LogP contribution < -0.4 is 4.74 Å². The van der Waals surface area contributed by atoms with E-state index in [1.807, 2.05) is 55.5 Å². The lowest BCUT2D eigenvalue weighted by atomic mass is 10.0. The van der Waals surface area contributed by atoms with E-state index >= 15 is 0 Å². The van der Waals surface area contributed by atoms with Crippen LogP contribution in [-0.2, 0) is 11.3 Å². The number of rotatable bonds is 5. The molecule has 0 unspecified atom stereocenters. The van der Waals surface area contributed by atoms with Crippen molar-refractivity contribution in [2.24, 2.45) is 0 Å². The standard InChI is InChI=1S/C23H18ClNO3S/c1-2-28-20-12-9-16(18-5-3-4-6-19(18)20)13-21-22(26)25(23(27)29-21)14-15-7-10-17(24)11-8-15/h3-13H,2,14H2,1H3/b21-13-. The van der Waals surface area contributed by atoms with Gasteiger partial charge < -0.3 is 4.74 Å². The van der Waals surface area contributed by atoms with Crippen LogP contribution in [0.1, 0.15) is 18.1 Å². The Morgan fingerprint density at radius 2 is 1.72 bits per heavy atom. The first-order chi connectivity index (χ1) is 14.1. The fourth-order valence-corrected chi connectivity index (χ4v) is 4.21. The molecule has 1 fully saturated rings. The third kappa shape index (κ3) is 4.02. The molecule has 0 aliphatic carbocycles. The highest BCUT2D eigenvalue weighted by Crippen LogP contribution is 2.36. The maximum Gasteiger partial charge on any atom is 0.293 e. The number of carbonyl (C=O) groups is 2. The zero-order valence-electron chi connectivity index (χ0n) is 15.7. The molecular formula is C23H18ClNO3S. The highest BCUT2D eigenvalue weighted by molar-refractivity contribution is 8.18. The molecular weight excluding hydrogens is 406 g/mol. The van der Waals surface area contributed by atoms with Crippen LogP contribution >= 0.6 is 23.4 Å². The Hall–Kier alpha value is -2.76. The van der Waals surface area contributed by atoms with Crippen molar-refractivity contribution in [3.8, 4) is 5.75 Å². The van der Waals surface area contributed by atoms with Gasteiger partial charge in [-0.15, -0.1) is 0 Å². The normalized spacial score (nSPS) is 15.5. The number of hydrogen-bond acceptors (Lipinski definition) is 4. The zero-order chi connectivity index (χ0) is 20.4. The van der Waals surface area contributed by atoms with E-state index in [9.17, 15) is 9.59 Å². The minimum absolute atomic E-state index is 0.225. The summed E-state index contributed by atoms with van der Waals surface area (Å²) in [5.74, 6) is 0.518. The fraction of sp³-hybridized carbons (Fsp3) is 0.130. The molecule has 1 aliphatic rings. The van der Waals surface area contributed by atoms with Gasteiger partial charge in [0.1, 0.15) is 5.75 Å². The second-order valence-corrected chi connectivity index (χ2v) is 7.96. The van der Waals surface area contributed by atoms with E-state index in [0.717, 1.165) is 39.4 Å². The predicted molar refractivity (Wildman–Crippen MR) is 118 cm³/mol. The molecule has 1 saturated heterocycles. The van der Waals surface area contributed by atoms with Crippen LogP contribution in [0.2, 0.25) is 5.02 Å². The molecule has 146 valence electrons. The lowest BCUT2D eigenvalue weighted by Gasteiger charge is -2.12. The van der Waals surface area contributed by atoms with Crippen LogP contribution in [0.25, 0.3) is 16.8 Å². The predicted octanol–water partition coefficient (Wildman–Crippen LogP) is 6.13. The second-order valence-electron chi connectivity index (χ2n) is 6.53. The summed E-state index contributed by atoms with van der Waals surface area (Å²) >= 11 is 6.87. The highest BCUT2D eigenvalue weighted by Gasteiger charge is 2.35. The number of halogens is 1. The SMILES string of the molecule is CCOc1ccc(/C=C2\SC(=O)N(Cc3ccc(Cl)cc3)C2=O)c2ccccc12. The Bertz CT molecular complexity index is 1120. The lowest BCUT2D eigenvalue weighted by molar-refractivity contribution is -0.123. The maximum absolute atomic E-state index is 12.9. The van der Waals surface area contributed by atoms with Gasteiger partial charge in [-0.3, -0.25) is 14.5 Å². The molecule has 0 aromatic heterocycles. The van der Waals surface area contributed by atoms with Crippen LogP contribution in [0.15, 0.2) is 65.6 Å². The molecule has 3 aromatic carbocycles.